The number of carbonyl (C=O) groups is 1. The smallest absolute Gasteiger partial charge is 0.355 e. The number of carboxylic acids is 1. The molecule has 0 aliphatic rings. The largest absolute Gasteiger partial charge is 0.476 e. The first-order valence-electron chi connectivity index (χ1n) is 4.93. The highest BCUT2D eigenvalue weighted by molar-refractivity contribution is 7.15. The van der Waals surface area contributed by atoms with E-state index in [0.29, 0.717) is 22.3 Å². The molecule has 0 radical (unpaired) electrons. The van der Waals surface area contributed by atoms with Gasteiger partial charge in [0.15, 0.2) is 16.6 Å². The minimum absolute atomic E-state index is 0.0891. The molecule has 2 rings (SSSR count). The van der Waals surface area contributed by atoms with Crippen LogP contribution < -0.4 is 5.32 Å². The van der Waals surface area contributed by atoms with Crippen LogP contribution in [-0.2, 0) is 6.54 Å². The Labute approximate surface area is 101 Å². The van der Waals surface area contributed by atoms with Crippen molar-refractivity contribution in [1.29, 1.82) is 0 Å². The minimum atomic E-state index is -1.01. The lowest BCUT2D eigenvalue weighted by molar-refractivity contribution is 0.0690. The third-order valence-corrected chi connectivity index (χ3v) is 3.02. The number of hydrogen-bond acceptors (Lipinski definition) is 6. The third kappa shape index (κ3) is 2.62. The highest BCUT2D eigenvalue weighted by atomic mass is 32.1. The molecule has 0 amide bonds. The van der Waals surface area contributed by atoms with Crippen LogP contribution in [0.25, 0.3) is 0 Å². The van der Waals surface area contributed by atoms with E-state index in [9.17, 15) is 4.79 Å². The van der Waals surface area contributed by atoms with Crippen molar-refractivity contribution in [2.75, 3.05) is 5.32 Å². The van der Waals surface area contributed by atoms with E-state index < -0.39 is 5.97 Å². The number of thiazole rings is 1. The number of aromatic nitrogens is 2. The number of nitrogens with zero attached hydrogens (tertiary/aromatic N) is 2. The summed E-state index contributed by atoms with van der Waals surface area (Å²) >= 11 is 1.30. The van der Waals surface area contributed by atoms with Crippen molar-refractivity contribution < 1.29 is 14.4 Å². The fourth-order valence-corrected chi connectivity index (χ4v) is 2.13. The van der Waals surface area contributed by atoms with Crippen molar-refractivity contribution in [3.63, 3.8) is 0 Å². The molecule has 0 saturated heterocycles. The maximum absolute atomic E-state index is 10.8. The standard InChI is InChI=1S/C10H11N3O3S/c1-5-3-7(16-13-5)4-11-10-12-8(9(14)15)6(2)17-10/h3H,4H2,1-2H3,(H,11,12)(H,14,15). The zero-order valence-corrected chi connectivity index (χ0v) is 10.2. The lowest BCUT2D eigenvalue weighted by atomic mass is 10.4. The summed E-state index contributed by atoms with van der Waals surface area (Å²) in [5.74, 6) is -0.325. The maximum Gasteiger partial charge on any atom is 0.355 e. The van der Waals surface area contributed by atoms with Gasteiger partial charge in [-0.3, -0.25) is 0 Å². The molecule has 17 heavy (non-hydrogen) atoms. The van der Waals surface area contributed by atoms with Crippen molar-refractivity contribution in [2.24, 2.45) is 0 Å². The van der Waals surface area contributed by atoms with Gasteiger partial charge in [0.2, 0.25) is 0 Å². The Bertz CT molecular complexity index is 547. The third-order valence-electron chi connectivity index (χ3n) is 2.09. The Morgan fingerprint density at radius 3 is 2.88 bits per heavy atom. The molecule has 0 atom stereocenters. The van der Waals surface area contributed by atoms with Crippen molar-refractivity contribution >= 4 is 22.4 Å². The van der Waals surface area contributed by atoms with Gasteiger partial charge in [0, 0.05) is 10.9 Å². The zero-order valence-electron chi connectivity index (χ0n) is 9.35. The van der Waals surface area contributed by atoms with Crippen molar-refractivity contribution in [3.8, 4) is 0 Å². The molecule has 0 saturated carbocycles. The number of carboxylic acid groups (broad SMARTS) is 1. The molecule has 0 fully saturated rings. The molecule has 0 aliphatic carbocycles. The van der Waals surface area contributed by atoms with Crippen LogP contribution in [-0.4, -0.2) is 21.2 Å². The number of hydrogen-bond donors (Lipinski definition) is 2. The molecule has 0 aromatic carbocycles. The molecule has 0 unspecified atom stereocenters. The molecule has 7 heteroatoms. The average molecular weight is 253 g/mol. The van der Waals surface area contributed by atoms with E-state index in [2.05, 4.69) is 15.5 Å². The number of anilines is 1. The normalized spacial score (nSPS) is 10.5. The van der Waals surface area contributed by atoms with Gasteiger partial charge >= 0.3 is 5.97 Å². The van der Waals surface area contributed by atoms with Crippen LogP contribution in [0, 0.1) is 13.8 Å². The van der Waals surface area contributed by atoms with E-state index in [4.69, 9.17) is 9.63 Å². The first kappa shape index (κ1) is 11.6. The van der Waals surface area contributed by atoms with Gasteiger partial charge < -0.3 is 14.9 Å². The molecule has 6 nitrogen and oxygen atoms in total. The van der Waals surface area contributed by atoms with Gasteiger partial charge in [-0.05, 0) is 13.8 Å². The Morgan fingerprint density at radius 2 is 2.35 bits per heavy atom. The molecule has 2 aromatic rings. The average Bonchev–Trinajstić information content (AvgIpc) is 2.82. The molecule has 0 bridgehead atoms. The number of aromatic carboxylic acids is 1. The van der Waals surface area contributed by atoms with E-state index in [0.717, 1.165) is 5.69 Å². The highest BCUT2D eigenvalue weighted by Gasteiger charge is 2.14. The van der Waals surface area contributed by atoms with Crippen LogP contribution in [0.3, 0.4) is 0 Å². The SMILES string of the molecule is Cc1cc(CNc2nc(C(=O)O)c(C)s2)on1. The summed E-state index contributed by atoms with van der Waals surface area (Å²) in [7, 11) is 0. The van der Waals surface area contributed by atoms with Gasteiger partial charge in [-0.15, -0.1) is 11.3 Å². The van der Waals surface area contributed by atoms with Crippen LogP contribution in [0.1, 0.15) is 26.8 Å². The molecule has 2 aromatic heterocycles. The number of rotatable bonds is 4. The lowest BCUT2D eigenvalue weighted by Crippen LogP contribution is -2.01. The fraction of sp³-hybridized carbons (Fsp3) is 0.300. The molecule has 0 aliphatic heterocycles. The summed E-state index contributed by atoms with van der Waals surface area (Å²) in [6, 6.07) is 1.81. The van der Waals surface area contributed by atoms with E-state index >= 15 is 0 Å². The van der Waals surface area contributed by atoms with Gasteiger partial charge in [0.05, 0.1) is 12.2 Å². The molecule has 90 valence electrons. The lowest BCUT2D eigenvalue weighted by Gasteiger charge is -1.96. The van der Waals surface area contributed by atoms with E-state index in [1.807, 2.05) is 13.0 Å². The van der Waals surface area contributed by atoms with Gasteiger partial charge in [-0.25, -0.2) is 9.78 Å². The van der Waals surface area contributed by atoms with Gasteiger partial charge in [-0.1, -0.05) is 5.16 Å². The molecular weight excluding hydrogens is 242 g/mol. The summed E-state index contributed by atoms with van der Waals surface area (Å²) in [5, 5.41) is 16.2. The molecule has 2 N–H and O–H groups in total. The van der Waals surface area contributed by atoms with Crippen molar-refractivity contribution in [1.82, 2.24) is 10.1 Å². The first-order chi connectivity index (χ1) is 8.06. The van der Waals surface area contributed by atoms with Crippen LogP contribution in [0.4, 0.5) is 5.13 Å². The van der Waals surface area contributed by atoms with Crippen LogP contribution in [0.5, 0.6) is 0 Å². The van der Waals surface area contributed by atoms with Crippen molar-refractivity contribution in [2.45, 2.75) is 20.4 Å². The van der Waals surface area contributed by atoms with E-state index in [1.54, 1.807) is 6.92 Å². The second-order valence-electron chi connectivity index (χ2n) is 3.52. The predicted molar refractivity (Wildman–Crippen MR) is 62.4 cm³/mol. The summed E-state index contributed by atoms with van der Waals surface area (Å²) in [6.45, 7) is 4.00. The quantitative estimate of drug-likeness (QED) is 0.867. The Kier molecular flexibility index (Phi) is 3.10. The molecule has 0 spiro atoms. The van der Waals surface area contributed by atoms with Crippen LogP contribution in [0.15, 0.2) is 10.6 Å². The molecular formula is C10H11N3O3S. The predicted octanol–water partition coefficient (Wildman–Crippen LogP) is 2.06. The number of aryl methyl sites for hydroxylation is 2. The summed E-state index contributed by atoms with van der Waals surface area (Å²) < 4.78 is 5.02. The summed E-state index contributed by atoms with van der Waals surface area (Å²) in [5.41, 5.74) is 0.898. The number of nitrogens with one attached hydrogen (secondary N) is 1. The first-order valence-corrected chi connectivity index (χ1v) is 5.74. The second kappa shape index (κ2) is 4.54. The monoisotopic (exact) mass is 253 g/mol. The second-order valence-corrected chi connectivity index (χ2v) is 4.72. The van der Waals surface area contributed by atoms with Crippen LogP contribution >= 0.6 is 11.3 Å². The zero-order chi connectivity index (χ0) is 12.4. The van der Waals surface area contributed by atoms with Gasteiger partial charge in [0.1, 0.15) is 0 Å². The maximum atomic E-state index is 10.8. The van der Waals surface area contributed by atoms with E-state index in [-0.39, 0.29) is 5.69 Å². The molecule has 2 heterocycles. The topological polar surface area (TPSA) is 88.2 Å². The van der Waals surface area contributed by atoms with Gasteiger partial charge in [-0.2, -0.15) is 0 Å². The van der Waals surface area contributed by atoms with Gasteiger partial charge in [0.25, 0.3) is 0 Å². The summed E-state index contributed by atoms with van der Waals surface area (Å²) in [6.07, 6.45) is 0. The Hall–Kier alpha value is -1.89. The van der Waals surface area contributed by atoms with Crippen molar-refractivity contribution in [3.05, 3.63) is 28.1 Å². The van der Waals surface area contributed by atoms with E-state index in [1.165, 1.54) is 11.3 Å². The fourth-order valence-electron chi connectivity index (χ4n) is 1.33. The van der Waals surface area contributed by atoms with Crippen LogP contribution in [0.2, 0.25) is 0 Å². The minimum Gasteiger partial charge on any atom is -0.476 e. The Balaban J connectivity index is 2.04. The Morgan fingerprint density at radius 1 is 1.59 bits per heavy atom. The summed E-state index contributed by atoms with van der Waals surface area (Å²) in [4.78, 5) is 15.5. The highest BCUT2D eigenvalue weighted by Crippen LogP contribution is 2.22.